The predicted octanol–water partition coefficient (Wildman–Crippen LogP) is 2.46. The van der Waals surface area contributed by atoms with Crippen molar-refractivity contribution in [3.05, 3.63) is 35.4 Å². The van der Waals surface area contributed by atoms with Crippen LogP contribution in [0.25, 0.3) is 0 Å². The highest BCUT2D eigenvalue weighted by Crippen LogP contribution is 2.32. The summed E-state index contributed by atoms with van der Waals surface area (Å²) < 4.78 is 39.3. The Balaban J connectivity index is 2.74. The van der Waals surface area contributed by atoms with Crippen LogP contribution in [0.4, 0.5) is 18.0 Å². The molecule has 0 aliphatic carbocycles. The molecule has 0 aliphatic heterocycles. The van der Waals surface area contributed by atoms with E-state index in [1.54, 1.807) is 13.0 Å². The first kappa shape index (κ1) is 17.3. The van der Waals surface area contributed by atoms with Crippen LogP contribution in [0.5, 0.6) is 0 Å². The van der Waals surface area contributed by atoms with E-state index in [1.165, 1.54) is 18.2 Å². The van der Waals surface area contributed by atoms with Crippen molar-refractivity contribution in [2.45, 2.75) is 19.1 Å². The number of likely N-dealkylation sites (N-methyl/N-ethyl adjacent to an activating group) is 1. The minimum Gasteiger partial charge on any atom is -0.337 e. The van der Waals surface area contributed by atoms with Gasteiger partial charge in [0.15, 0.2) is 6.04 Å². The number of urea groups is 1. The summed E-state index contributed by atoms with van der Waals surface area (Å²) in [4.78, 5) is 13.4. The normalized spacial score (nSPS) is 13.1. The van der Waals surface area contributed by atoms with Crippen molar-refractivity contribution in [3.63, 3.8) is 0 Å². The van der Waals surface area contributed by atoms with Crippen molar-refractivity contribution < 1.29 is 18.0 Å². The van der Waals surface area contributed by atoms with Crippen LogP contribution in [0.3, 0.4) is 0 Å². The summed E-state index contributed by atoms with van der Waals surface area (Å²) in [6.45, 7) is 2.53. The van der Waals surface area contributed by atoms with Crippen molar-refractivity contribution in [1.82, 2.24) is 15.5 Å². The van der Waals surface area contributed by atoms with E-state index in [2.05, 4.69) is 5.32 Å². The quantitative estimate of drug-likeness (QED) is 0.877. The molecule has 0 heterocycles. The Hall–Kier alpha value is -1.76. The largest absolute Gasteiger partial charge is 0.412 e. The van der Waals surface area contributed by atoms with Gasteiger partial charge in [-0.2, -0.15) is 13.2 Å². The van der Waals surface area contributed by atoms with E-state index in [0.717, 1.165) is 0 Å². The van der Waals surface area contributed by atoms with Gasteiger partial charge in [-0.1, -0.05) is 29.8 Å². The number of hydrogen-bond acceptors (Lipinski definition) is 2. The SMILES string of the molecule is Cc1cccc(C(NC(=O)NCCN(C)C)C(F)(F)F)c1. The van der Waals surface area contributed by atoms with Crippen LogP contribution in [0, 0.1) is 6.92 Å². The number of carbonyl (C=O) groups is 1. The summed E-state index contributed by atoms with van der Waals surface area (Å²) in [7, 11) is 3.62. The lowest BCUT2D eigenvalue weighted by Gasteiger charge is -2.23. The number of nitrogens with zero attached hydrogens (tertiary/aromatic N) is 1. The van der Waals surface area contributed by atoms with Crippen molar-refractivity contribution >= 4 is 6.03 Å². The zero-order chi connectivity index (χ0) is 16.0. The molecule has 2 N–H and O–H groups in total. The Morgan fingerprint density at radius 1 is 1.33 bits per heavy atom. The van der Waals surface area contributed by atoms with Crippen LogP contribution in [0.15, 0.2) is 24.3 Å². The van der Waals surface area contributed by atoms with Crippen LogP contribution in [0.1, 0.15) is 17.2 Å². The Kier molecular flexibility index (Phi) is 6.02. The maximum absolute atomic E-state index is 13.1. The Labute approximate surface area is 122 Å². The number of amides is 2. The lowest BCUT2D eigenvalue weighted by molar-refractivity contribution is -0.154. The molecule has 4 nitrogen and oxygen atoms in total. The van der Waals surface area contributed by atoms with E-state index < -0.39 is 18.2 Å². The molecule has 0 aromatic heterocycles. The summed E-state index contributed by atoms with van der Waals surface area (Å²) in [5.41, 5.74) is 0.724. The zero-order valence-electron chi connectivity index (χ0n) is 12.3. The fourth-order valence-corrected chi connectivity index (χ4v) is 1.78. The second kappa shape index (κ2) is 7.31. The molecule has 1 rings (SSSR count). The molecule has 1 aromatic rings. The van der Waals surface area contributed by atoms with Crippen LogP contribution in [0.2, 0.25) is 0 Å². The summed E-state index contributed by atoms with van der Waals surface area (Å²) in [5.74, 6) is 0. The third-order valence-corrected chi connectivity index (χ3v) is 2.82. The molecule has 7 heteroatoms. The molecule has 2 amide bonds. The van der Waals surface area contributed by atoms with E-state index in [1.807, 2.05) is 24.3 Å². The predicted molar refractivity (Wildman–Crippen MR) is 75.1 cm³/mol. The number of hydrogen-bond donors (Lipinski definition) is 2. The van der Waals surface area contributed by atoms with Gasteiger partial charge in [0.25, 0.3) is 0 Å². The zero-order valence-corrected chi connectivity index (χ0v) is 12.3. The highest BCUT2D eigenvalue weighted by molar-refractivity contribution is 5.74. The molecule has 0 saturated heterocycles. The summed E-state index contributed by atoms with van der Waals surface area (Å²) >= 11 is 0. The Morgan fingerprint density at radius 2 is 2.00 bits per heavy atom. The van der Waals surface area contributed by atoms with Gasteiger partial charge < -0.3 is 15.5 Å². The molecule has 0 radical (unpaired) electrons. The van der Waals surface area contributed by atoms with E-state index >= 15 is 0 Å². The Bertz CT molecular complexity index is 475. The molecule has 118 valence electrons. The van der Waals surface area contributed by atoms with Crippen molar-refractivity contribution in [2.75, 3.05) is 27.2 Å². The van der Waals surface area contributed by atoms with Gasteiger partial charge in [-0.25, -0.2) is 4.79 Å². The van der Waals surface area contributed by atoms with Crippen LogP contribution >= 0.6 is 0 Å². The number of halogens is 3. The van der Waals surface area contributed by atoms with Gasteiger partial charge in [-0.15, -0.1) is 0 Å². The minimum atomic E-state index is -4.55. The third-order valence-electron chi connectivity index (χ3n) is 2.82. The second-order valence-electron chi connectivity index (χ2n) is 5.09. The molecule has 21 heavy (non-hydrogen) atoms. The van der Waals surface area contributed by atoms with Gasteiger partial charge in [0.05, 0.1) is 0 Å². The molecule has 0 saturated carbocycles. The topological polar surface area (TPSA) is 44.4 Å². The van der Waals surface area contributed by atoms with Gasteiger partial charge in [0.1, 0.15) is 0 Å². The average molecular weight is 303 g/mol. The van der Waals surface area contributed by atoms with Crippen LogP contribution in [-0.4, -0.2) is 44.3 Å². The summed E-state index contributed by atoms with van der Waals surface area (Å²) in [6, 6.07) is 3.16. The summed E-state index contributed by atoms with van der Waals surface area (Å²) in [5, 5.41) is 4.39. The van der Waals surface area contributed by atoms with Gasteiger partial charge in [-0.05, 0) is 26.6 Å². The van der Waals surface area contributed by atoms with Gasteiger partial charge in [0, 0.05) is 13.1 Å². The van der Waals surface area contributed by atoms with E-state index in [0.29, 0.717) is 12.1 Å². The second-order valence-corrected chi connectivity index (χ2v) is 5.09. The number of alkyl halides is 3. The molecule has 0 spiro atoms. The number of benzene rings is 1. The van der Waals surface area contributed by atoms with Crippen LogP contribution < -0.4 is 10.6 Å². The first-order valence-corrected chi connectivity index (χ1v) is 6.52. The number of nitrogens with one attached hydrogen (secondary N) is 2. The van der Waals surface area contributed by atoms with E-state index in [9.17, 15) is 18.0 Å². The average Bonchev–Trinajstić information content (AvgIpc) is 2.34. The van der Waals surface area contributed by atoms with Gasteiger partial charge >= 0.3 is 12.2 Å². The van der Waals surface area contributed by atoms with Crippen molar-refractivity contribution in [1.29, 1.82) is 0 Å². The van der Waals surface area contributed by atoms with Crippen molar-refractivity contribution in [3.8, 4) is 0 Å². The first-order valence-electron chi connectivity index (χ1n) is 6.52. The molecular weight excluding hydrogens is 283 g/mol. The fourth-order valence-electron chi connectivity index (χ4n) is 1.78. The monoisotopic (exact) mass is 303 g/mol. The van der Waals surface area contributed by atoms with Crippen molar-refractivity contribution in [2.24, 2.45) is 0 Å². The number of aryl methyl sites for hydroxylation is 1. The lowest BCUT2D eigenvalue weighted by Crippen LogP contribution is -2.45. The molecule has 0 aliphatic rings. The molecule has 1 atom stereocenters. The number of rotatable bonds is 5. The highest BCUT2D eigenvalue weighted by Gasteiger charge is 2.41. The molecule has 1 unspecified atom stereocenters. The van der Waals surface area contributed by atoms with E-state index in [4.69, 9.17) is 0 Å². The maximum atomic E-state index is 13.1. The highest BCUT2D eigenvalue weighted by atomic mass is 19.4. The summed E-state index contributed by atoms with van der Waals surface area (Å²) in [6.07, 6.45) is -4.55. The minimum absolute atomic E-state index is 0.0188. The first-order chi connectivity index (χ1) is 9.70. The smallest absolute Gasteiger partial charge is 0.337 e. The van der Waals surface area contributed by atoms with Gasteiger partial charge in [-0.3, -0.25) is 0 Å². The number of carbonyl (C=O) groups excluding carboxylic acids is 1. The maximum Gasteiger partial charge on any atom is 0.412 e. The van der Waals surface area contributed by atoms with Crippen LogP contribution in [-0.2, 0) is 0 Å². The third kappa shape index (κ3) is 6.03. The molecular formula is C14H20F3N3O. The molecule has 0 fully saturated rings. The lowest BCUT2D eigenvalue weighted by atomic mass is 10.0. The molecule has 1 aromatic carbocycles. The Morgan fingerprint density at radius 3 is 2.52 bits per heavy atom. The van der Waals surface area contributed by atoms with Gasteiger partial charge in [0.2, 0.25) is 0 Å². The van der Waals surface area contributed by atoms with E-state index in [-0.39, 0.29) is 12.1 Å². The standard InChI is InChI=1S/C14H20F3N3O/c1-10-5-4-6-11(9-10)12(14(15,16)17)19-13(21)18-7-8-20(2)3/h4-6,9,12H,7-8H2,1-3H3,(H2,18,19,21). The fraction of sp³-hybridized carbons (Fsp3) is 0.500. The molecule has 0 bridgehead atoms.